The van der Waals surface area contributed by atoms with Gasteiger partial charge in [-0.3, -0.25) is 4.98 Å². The van der Waals surface area contributed by atoms with Crippen LogP contribution in [0.2, 0.25) is 0 Å². The van der Waals surface area contributed by atoms with Crippen LogP contribution in [0.15, 0.2) is 43.1 Å². The van der Waals surface area contributed by atoms with E-state index in [1.54, 1.807) is 6.20 Å². The minimum atomic E-state index is 0.304. The van der Waals surface area contributed by atoms with Gasteiger partial charge in [0, 0.05) is 18.6 Å². The van der Waals surface area contributed by atoms with Crippen LogP contribution in [0.25, 0.3) is 0 Å². The molecule has 0 fully saturated rings. The predicted octanol–water partition coefficient (Wildman–Crippen LogP) is 2.28. The summed E-state index contributed by atoms with van der Waals surface area (Å²) in [6.45, 7) is 2.15. The molecule has 0 spiro atoms. The lowest BCUT2D eigenvalue weighted by Crippen LogP contribution is -2.08. The molecule has 1 unspecified atom stereocenters. The van der Waals surface area contributed by atoms with Crippen LogP contribution in [-0.4, -0.2) is 14.5 Å². The van der Waals surface area contributed by atoms with E-state index in [1.165, 1.54) is 0 Å². The number of nitrogens with zero attached hydrogens (tertiary/aromatic N) is 3. The predicted molar refractivity (Wildman–Crippen MR) is 54.9 cm³/mol. The van der Waals surface area contributed by atoms with E-state index in [2.05, 4.69) is 21.5 Å². The third-order valence-corrected chi connectivity index (χ3v) is 2.30. The standard InChI is InChI=1S/C11H13N3/c1-2-11(14-8-7-12-9-14)10-5-3-4-6-13-10/h3-9,11H,2H2,1H3. The Morgan fingerprint density at radius 1 is 1.36 bits per heavy atom. The van der Waals surface area contributed by atoms with Crippen molar-refractivity contribution in [3.8, 4) is 0 Å². The molecule has 0 amide bonds. The summed E-state index contributed by atoms with van der Waals surface area (Å²) in [5.74, 6) is 0. The monoisotopic (exact) mass is 187 g/mol. The van der Waals surface area contributed by atoms with Crippen molar-refractivity contribution < 1.29 is 0 Å². The van der Waals surface area contributed by atoms with Crippen molar-refractivity contribution >= 4 is 0 Å². The molecule has 0 radical (unpaired) electrons. The first-order chi connectivity index (χ1) is 6.92. The van der Waals surface area contributed by atoms with Crippen molar-refractivity contribution in [3.05, 3.63) is 48.8 Å². The van der Waals surface area contributed by atoms with Crippen LogP contribution in [0.3, 0.4) is 0 Å². The van der Waals surface area contributed by atoms with E-state index in [0.717, 1.165) is 12.1 Å². The molecule has 0 bridgehead atoms. The summed E-state index contributed by atoms with van der Waals surface area (Å²) in [6.07, 6.45) is 8.46. The molecule has 2 heterocycles. The molecule has 1 atom stereocenters. The lowest BCUT2D eigenvalue weighted by molar-refractivity contribution is 0.551. The minimum Gasteiger partial charge on any atom is -0.328 e. The maximum absolute atomic E-state index is 4.36. The Bertz CT molecular complexity index is 367. The first-order valence-corrected chi connectivity index (χ1v) is 4.80. The summed E-state index contributed by atoms with van der Waals surface area (Å²) in [5.41, 5.74) is 1.09. The zero-order chi connectivity index (χ0) is 9.80. The van der Waals surface area contributed by atoms with Crippen molar-refractivity contribution in [2.75, 3.05) is 0 Å². The summed E-state index contributed by atoms with van der Waals surface area (Å²) in [5, 5.41) is 0. The van der Waals surface area contributed by atoms with Crippen LogP contribution in [0, 0.1) is 0 Å². The van der Waals surface area contributed by atoms with Gasteiger partial charge in [-0.25, -0.2) is 4.98 Å². The Hall–Kier alpha value is -1.64. The van der Waals surface area contributed by atoms with E-state index in [9.17, 15) is 0 Å². The molecule has 72 valence electrons. The normalized spacial score (nSPS) is 12.6. The largest absolute Gasteiger partial charge is 0.328 e. The van der Waals surface area contributed by atoms with E-state index < -0.39 is 0 Å². The van der Waals surface area contributed by atoms with Gasteiger partial charge < -0.3 is 4.57 Å². The lowest BCUT2D eigenvalue weighted by atomic mass is 10.1. The number of pyridine rings is 1. The van der Waals surface area contributed by atoms with Crippen molar-refractivity contribution in [3.63, 3.8) is 0 Å². The highest BCUT2D eigenvalue weighted by molar-refractivity contribution is 5.10. The van der Waals surface area contributed by atoms with Gasteiger partial charge in [0.05, 0.1) is 18.1 Å². The van der Waals surface area contributed by atoms with Gasteiger partial charge in [0.25, 0.3) is 0 Å². The van der Waals surface area contributed by atoms with Crippen molar-refractivity contribution in [2.45, 2.75) is 19.4 Å². The van der Waals surface area contributed by atoms with Crippen LogP contribution in [0.1, 0.15) is 25.1 Å². The van der Waals surface area contributed by atoms with Crippen molar-refractivity contribution in [1.82, 2.24) is 14.5 Å². The Labute approximate surface area is 83.4 Å². The van der Waals surface area contributed by atoms with Crippen LogP contribution >= 0.6 is 0 Å². The molecule has 0 N–H and O–H groups in total. The molecular formula is C11H13N3. The molecule has 0 saturated carbocycles. The van der Waals surface area contributed by atoms with E-state index >= 15 is 0 Å². The fourth-order valence-electron chi connectivity index (χ4n) is 1.60. The molecule has 3 heteroatoms. The summed E-state index contributed by atoms with van der Waals surface area (Å²) in [6, 6.07) is 6.30. The van der Waals surface area contributed by atoms with Crippen LogP contribution in [0.5, 0.6) is 0 Å². The van der Waals surface area contributed by atoms with Gasteiger partial charge in [-0.2, -0.15) is 0 Å². The van der Waals surface area contributed by atoms with E-state index in [-0.39, 0.29) is 0 Å². The molecule has 14 heavy (non-hydrogen) atoms. The summed E-state index contributed by atoms with van der Waals surface area (Å²) >= 11 is 0. The maximum atomic E-state index is 4.36. The maximum Gasteiger partial charge on any atom is 0.0952 e. The number of hydrogen-bond acceptors (Lipinski definition) is 2. The van der Waals surface area contributed by atoms with Crippen molar-refractivity contribution in [2.24, 2.45) is 0 Å². The average Bonchev–Trinajstić information content (AvgIpc) is 2.74. The van der Waals surface area contributed by atoms with Gasteiger partial charge in [-0.15, -0.1) is 0 Å². The zero-order valence-corrected chi connectivity index (χ0v) is 8.17. The van der Waals surface area contributed by atoms with Crippen molar-refractivity contribution in [1.29, 1.82) is 0 Å². The zero-order valence-electron chi connectivity index (χ0n) is 8.17. The minimum absolute atomic E-state index is 0.304. The second-order valence-electron chi connectivity index (χ2n) is 3.19. The Balaban J connectivity index is 2.31. The van der Waals surface area contributed by atoms with Crippen LogP contribution in [0.4, 0.5) is 0 Å². The van der Waals surface area contributed by atoms with Crippen LogP contribution in [-0.2, 0) is 0 Å². The Kier molecular flexibility index (Phi) is 2.58. The molecule has 0 aliphatic carbocycles. The molecule has 0 aromatic carbocycles. The molecule has 0 aliphatic rings. The van der Waals surface area contributed by atoms with E-state index in [0.29, 0.717) is 6.04 Å². The Morgan fingerprint density at radius 3 is 2.86 bits per heavy atom. The average molecular weight is 187 g/mol. The lowest BCUT2D eigenvalue weighted by Gasteiger charge is -2.15. The smallest absolute Gasteiger partial charge is 0.0952 e. The van der Waals surface area contributed by atoms with E-state index in [1.807, 2.05) is 36.9 Å². The molecule has 2 aromatic heterocycles. The number of rotatable bonds is 3. The second kappa shape index (κ2) is 4.05. The molecule has 3 nitrogen and oxygen atoms in total. The van der Waals surface area contributed by atoms with Gasteiger partial charge >= 0.3 is 0 Å². The van der Waals surface area contributed by atoms with Gasteiger partial charge in [0.1, 0.15) is 0 Å². The Morgan fingerprint density at radius 2 is 2.29 bits per heavy atom. The number of aromatic nitrogens is 3. The molecular weight excluding hydrogens is 174 g/mol. The van der Waals surface area contributed by atoms with E-state index in [4.69, 9.17) is 0 Å². The number of imidazole rings is 1. The van der Waals surface area contributed by atoms with Gasteiger partial charge in [-0.1, -0.05) is 13.0 Å². The molecule has 2 aromatic rings. The molecule has 0 saturated heterocycles. The summed E-state index contributed by atoms with van der Waals surface area (Å²) in [4.78, 5) is 8.41. The molecule has 0 aliphatic heterocycles. The molecule has 2 rings (SSSR count). The highest BCUT2D eigenvalue weighted by Crippen LogP contribution is 2.18. The fourth-order valence-corrected chi connectivity index (χ4v) is 1.60. The third-order valence-electron chi connectivity index (χ3n) is 2.30. The third kappa shape index (κ3) is 1.66. The fraction of sp³-hybridized carbons (Fsp3) is 0.273. The highest BCUT2D eigenvalue weighted by Gasteiger charge is 2.10. The first kappa shape index (κ1) is 8.94. The second-order valence-corrected chi connectivity index (χ2v) is 3.19. The highest BCUT2D eigenvalue weighted by atomic mass is 15.1. The van der Waals surface area contributed by atoms with Crippen LogP contribution < -0.4 is 0 Å². The summed E-state index contributed by atoms with van der Waals surface area (Å²) < 4.78 is 2.09. The quantitative estimate of drug-likeness (QED) is 0.738. The van der Waals surface area contributed by atoms with Gasteiger partial charge in [0.2, 0.25) is 0 Å². The van der Waals surface area contributed by atoms with Gasteiger partial charge in [0.15, 0.2) is 0 Å². The topological polar surface area (TPSA) is 30.7 Å². The number of hydrogen-bond donors (Lipinski definition) is 0. The van der Waals surface area contributed by atoms with Gasteiger partial charge in [-0.05, 0) is 18.6 Å². The summed E-state index contributed by atoms with van der Waals surface area (Å²) in [7, 11) is 0. The SMILES string of the molecule is CCC(c1ccccn1)n1ccnc1. The first-order valence-electron chi connectivity index (χ1n) is 4.80.